The first-order valence-corrected chi connectivity index (χ1v) is 9.25. The summed E-state index contributed by atoms with van der Waals surface area (Å²) in [5, 5.41) is 0. The van der Waals surface area contributed by atoms with Crippen LogP contribution in [0.5, 0.6) is 0 Å². The van der Waals surface area contributed by atoms with Gasteiger partial charge in [-0.2, -0.15) is 0 Å². The van der Waals surface area contributed by atoms with Gasteiger partial charge >= 0.3 is 0 Å². The Kier molecular flexibility index (Phi) is 4.58. The highest BCUT2D eigenvalue weighted by Crippen LogP contribution is 2.30. The Morgan fingerprint density at radius 2 is 1.74 bits per heavy atom. The minimum Gasteiger partial charge on any atom is -0.294 e. The quantitative estimate of drug-likeness (QED) is 0.662. The van der Waals surface area contributed by atoms with Crippen molar-refractivity contribution >= 4 is 22.9 Å². The third-order valence-corrected chi connectivity index (χ3v) is 4.96. The fraction of sp³-hybridized carbons (Fsp3) is 0.261. The van der Waals surface area contributed by atoms with E-state index in [0.29, 0.717) is 6.54 Å². The van der Waals surface area contributed by atoms with E-state index in [2.05, 4.69) is 39.1 Å². The monoisotopic (exact) mass is 357 g/mol. The summed E-state index contributed by atoms with van der Waals surface area (Å²) in [7, 11) is 0. The van der Waals surface area contributed by atoms with Crippen LogP contribution in [0.3, 0.4) is 0 Å². The van der Waals surface area contributed by atoms with Crippen molar-refractivity contribution in [3.05, 3.63) is 77.6 Å². The average Bonchev–Trinajstić information content (AvgIpc) is 2.66. The van der Waals surface area contributed by atoms with E-state index in [9.17, 15) is 4.79 Å². The summed E-state index contributed by atoms with van der Waals surface area (Å²) in [6, 6.07) is 18.2. The van der Waals surface area contributed by atoms with Gasteiger partial charge in [-0.25, -0.2) is 4.98 Å². The van der Waals surface area contributed by atoms with Crippen molar-refractivity contribution in [1.82, 2.24) is 14.9 Å². The molecule has 0 bridgehead atoms. The number of ketones is 1. The van der Waals surface area contributed by atoms with Crippen LogP contribution in [0.15, 0.2) is 66.4 Å². The van der Waals surface area contributed by atoms with Gasteiger partial charge in [0.15, 0.2) is 5.78 Å². The molecule has 0 radical (unpaired) electrons. The largest absolute Gasteiger partial charge is 0.294 e. The van der Waals surface area contributed by atoms with Crippen LogP contribution in [0.25, 0.3) is 17.1 Å². The maximum atomic E-state index is 13.0. The van der Waals surface area contributed by atoms with Crippen LogP contribution in [0.1, 0.15) is 25.1 Å². The van der Waals surface area contributed by atoms with Gasteiger partial charge in [0.05, 0.1) is 22.9 Å². The maximum Gasteiger partial charge on any atom is 0.167 e. The van der Waals surface area contributed by atoms with Gasteiger partial charge in [-0.15, -0.1) is 0 Å². The smallest absolute Gasteiger partial charge is 0.167 e. The summed E-state index contributed by atoms with van der Waals surface area (Å²) in [6.07, 6.45) is 3.65. The van der Waals surface area contributed by atoms with Gasteiger partial charge in [0.2, 0.25) is 0 Å². The number of aromatic nitrogens is 2. The van der Waals surface area contributed by atoms with E-state index >= 15 is 0 Å². The van der Waals surface area contributed by atoms with Gasteiger partial charge in [0.25, 0.3) is 0 Å². The van der Waals surface area contributed by atoms with Crippen molar-refractivity contribution in [2.24, 2.45) is 5.41 Å². The molecule has 1 aromatic heterocycles. The zero-order valence-corrected chi connectivity index (χ0v) is 15.7. The Hall–Kier alpha value is -2.85. The van der Waals surface area contributed by atoms with E-state index in [-0.39, 0.29) is 5.78 Å². The van der Waals surface area contributed by atoms with Crippen molar-refractivity contribution in [1.29, 1.82) is 0 Å². The summed E-state index contributed by atoms with van der Waals surface area (Å²) >= 11 is 0. The molecule has 0 N–H and O–H groups in total. The Labute approximate surface area is 159 Å². The predicted molar refractivity (Wildman–Crippen MR) is 108 cm³/mol. The second kappa shape index (κ2) is 7.05. The molecule has 0 atom stereocenters. The van der Waals surface area contributed by atoms with Crippen molar-refractivity contribution in [3.8, 4) is 0 Å². The number of hydrogen-bond acceptors (Lipinski definition) is 4. The minimum absolute atomic E-state index is 0.196. The number of hydrogen-bond donors (Lipinski definition) is 0. The molecule has 136 valence electrons. The van der Waals surface area contributed by atoms with Crippen LogP contribution in [-0.2, 0) is 11.3 Å². The number of carbonyl (C=O) groups is 1. The molecule has 0 amide bonds. The number of likely N-dealkylation sites (tertiary alicyclic amines) is 1. The van der Waals surface area contributed by atoms with E-state index < -0.39 is 5.41 Å². The summed E-state index contributed by atoms with van der Waals surface area (Å²) in [5.74, 6) is 0.196. The summed E-state index contributed by atoms with van der Waals surface area (Å²) in [5.41, 5.74) is 4.08. The molecule has 4 nitrogen and oxygen atoms in total. The van der Waals surface area contributed by atoms with Crippen LogP contribution >= 0.6 is 0 Å². The zero-order chi connectivity index (χ0) is 18.9. The molecular formula is C23H23N3O. The Bertz CT molecular complexity index is 1010. The molecular weight excluding hydrogens is 334 g/mol. The molecule has 1 saturated heterocycles. The lowest BCUT2D eigenvalue weighted by atomic mass is 9.79. The van der Waals surface area contributed by atoms with Crippen LogP contribution in [0.4, 0.5) is 0 Å². The number of piperidine rings is 1. The molecule has 2 heterocycles. The highest BCUT2D eigenvalue weighted by atomic mass is 16.1. The lowest BCUT2D eigenvalue weighted by Gasteiger charge is -2.38. The number of Topliss-reactive ketones (excluding diaryl/α,β-unsaturated/α-hetero) is 1. The van der Waals surface area contributed by atoms with Gasteiger partial charge in [-0.1, -0.05) is 56.3 Å². The molecule has 0 aliphatic carbocycles. The highest BCUT2D eigenvalue weighted by Gasteiger charge is 2.37. The molecule has 0 saturated carbocycles. The normalized spacial score (nSPS) is 18.9. The zero-order valence-electron chi connectivity index (χ0n) is 15.7. The highest BCUT2D eigenvalue weighted by molar-refractivity contribution is 6.04. The molecule has 1 aliphatic heterocycles. The molecule has 1 fully saturated rings. The van der Waals surface area contributed by atoms with E-state index in [0.717, 1.165) is 35.4 Å². The number of rotatable bonds is 3. The first-order valence-electron chi connectivity index (χ1n) is 9.25. The lowest BCUT2D eigenvalue weighted by molar-refractivity contribution is -0.126. The van der Waals surface area contributed by atoms with E-state index in [4.69, 9.17) is 0 Å². The average molecular weight is 357 g/mol. The Morgan fingerprint density at radius 3 is 2.52 bits per heavy atom. The maximum absolute atomic E-state index is 13.0. The minimum atomic E-state index is -0.414. The molecule has 4 heteroatoms. The third-order valence-electron chi connectivity index (χ3n) is 4.96. The van der Waals surface area contributed by atoms with Gasteiger partial charge in [-0.3, -0.25) is 14.7 Å². The molecule has 3 aromatic rings. The lowest BCUT2D eigenvalue weighted by Crippen LogP contribution is -2.47. The molecule has 1 aliphatic rings. The first-order chi connectivity index (χ1) is 13.0. The van der Waals surface area contributed by atoms with Gasteiger partial charge in [0, 0.05) is 30.6 Å². The van der Waals surface area contributed by atoms with Gasteiger partial charge < -0.3 is 0 Å². The second-order valence-corrected chi connectivity index (χ2v) is 7.80. The molecule has 0 spiro atoms. The summed E-state index contributed by atoms with van der Waals surface area (Å²) < 4.78 is 0. The fourth-order valence-electron chi connectivity index (χ4n) is 3.72. The van der Waals surface area contributed by atoms with Crippen molar-refractivity contribution in [2.75, 3.05) is 13.1 Å². The number of carbonyl (C=O) groups excluding carboxylic acids is 1. The van der Waals surface area contributed by atoms with Crippen LogP contribution in [0.2, 0.25) is 0 Å². The van der Waals surface area contributed by atoms with Crippen LogP contribution < -0.4 is 0 Å². The standard InChI is InChI=1S/C23H23N3O/c1-23(2)16-26(14-17-8-4-3-5-9-17)15-18(22(23)27)12-19-13-24-20-10-6-7-11-21(20)25-19/h3-13H,14-16H2,1-2H3/b18-12+. The molecule has 2 aromatic carbocycles. The van der Waals surface area contributed by atoms with Crippen molar-refractivity contribution < 1.29 is 4.79 Å². The van der Waals surface area contributed by atoms with Crippen LogP contribution in [-0.4, -0.2) is 33.7 Å². The number of benzene rings is 2. The summed E-state index contributed by atoms with van der Waals surface area (Å²) in [6.45, 7) is 6.25. The molecule has 0 unspecified atom stereocenters. The molecule has 27 heavy (non-hydrogen) atoms. The van der Waals surface area contributed by atoms with E-state index in [1.165, 1.54) is 5.56 Å². The SMILES string of the molecule is CC1(C)CN(Cc2ccccc2)C/C(=C\c2cnc3ccccc3n2)C1=O. The number of para-hydroxylation sites is 2. The second-order valence-electron chi connectivity index (χ2n) is 7.80. The predicted octanol–water partition coefficient (Wildman–Crippen LogP) is 4.12. The van der Waals surface area contributed by atoms with Gasteiger partial charge in [-0.05, 0) is 23.8 Å². The van der Waals surface area contributed by atoms with Crippen LogP contribution in [0, 0.1) is 5.41 Å². The summed E-state index contributed by atoms with van der Waals surface area (Å²) in [4.78, 5) is 24.4. The first kappa shape index (κ1) is 17.6. The van der Waals surface area contributed by atoms with E-state index in [1.54, 1.807) is 6.20 Å². The molecule has 4 rings (SSSR count). The fourth-order valence-corrected chi connectivity index (χ4v) is 3.72. The van der Waals surface area contributed by atoms with Crippen molar-refractivity contribution in [3.63, 3.8) is 0 Å². The van der Waals surface area contributed by atoms with Crippen molar-refractivity contribution in [2.45, 2.75) is 20.4 Å². The van der Waals surface area contributed by atoms with Gasteiger partial charge in [0.1, 0.15) is 0 Å². The topological polar surface area (TPSA) is 46.1 Å². The third kappa shape index (κ3) is 3.81. The van der Waals surface area contributed by atoms with E-state index in [1.807, 2.05) is 50.3 Å². The number of nitrogens with zero attached hydrogens (tertiary/aromatic N) is 3. The number of fused-ring (bicyclic) bond motifs is 1. The Balaban J connectivity index is 1.64. The Morgan fingerprint density at radius 1 is 1.04 bits per heavy atom.